The van der Waals surface area contributed by atoms with Gasteiger partial charge < -0.3 is 10.2 Å². The summed E-state index contributed by atoms with van der Waals surface area (Å²) < 4.78 is 0. The van der Waals surface area contributed by atoms with Crippen molar-refractivity contribution in [2.24, 2.45) is 5.92 Å². The predicted molar refractivity (Wildman–Crippen MR) is 62.9 cm³/mol. The molecule has 5 nitrogen and oxygen atoms in total. The second-order valence-electron chi connectivity index (χ2n) is 4.90. The van der Waals surface area contributed by atoms with Crippen molar-refractivity contribution in [3.8, 4) is 0 Å². The second kappa shape index (κ2) is 6.59. The molecule has 0 aromatic carbocycles. The molecule has 1 saturated carbocycles. The Morgan fingerprint density at radius 2 is 1.82 bits per heavy atom. The van der Waals surface area contributed by atoms with Gasteiger partial charge in [-0.05, 0) is 25.8 Å². The van der Waals surface area contributed by atoms with Crippen LogP contribution in [0.3, 0.4) is 0 Å². The normalized spacial score (nSPS) is 19.2. The Kier molecular flexibility index (Phi) is 5.41. The summed E-state index contributed by atoms with van der Waals surface area (Å²) in [5.74, 6) is -1.59. The van der Waals surface area contributed by atoms with Crippen LogP contribution in [0.25, 0.3) is 0 Å². The average Bonchev–Trinajstić information content (AvgIpc) is 2.26. The van der Waals surface area contributed by atoms with E-state index in [1.165, 1.54) is 19.3 Å². The molecule has 1 atom stereocenters. The van der Waals surface area contributed by atoms with Crippen LogP contribution in [0, 0.1) is 5.92 Å². The van der Waals surface area contributed by atoms with Gasteiger partial charge in [0.2, 0.25) is 0 Å². The van der Waals surface area contributed by atoms with Crippen LogP contribution in [-0.4, -0.2) is 46.7 Å². The molecule has 0 aromatic rings. The molecule has 5 heteroatoms. The molecule has 0 amide bonds. The lowest BCUT2D eigenvalue weighted by atomic mass is 9.88. The highest BCUT2D eigenvalue weighted by Gasteiger charge is 2.27. The molecule has 0 aliphatic heterocycles. The number of rotatable bonds is 6. The molecule has 1 aliphatic rings. The lowest BCUT2D eigenvalue weighted by Gasteiger charge is -2.30. The van der Waals surface area contributed by atoms with Crippen molar-refractivity contribution in [2.75, 3.05) is 13.6 Å². The molecular formula is C12H21NO4. The molecule has 98 valence electrons. The van der Waals surface area contributed by atoms with Crippen molar-refractivity contribution < 1.29 is 19.8 Å². The molecule has 0 radical (unpaired) electrons. The summed E-state index contributed by atoms with van der Waals surface area (Å²) in [6.07, 6.45) is 5.59. The van der Waals surface area contributed by atoms with Gasteiger partial charge in [0.25, 0.3) is 0 Å². The topological polar surface area (TPSA) is 77.8 Å². The zero-order chi connectivity index (χ0) is 12.8. The fourth-order valence-corrected chi connectivity index (χ4v) is 2.50. The fraction of sp³-hybridized carbons (Fsp3) is 0.833. The maximum atomic E-state index is 11.0. The molecule has 0 bridgehead atoms. The maximum absolute atomic E-state index is 11.0. The molecule has 1 rings (SSSR count). The third kappa shape index (κ3) is 4.73. The van der Waals surface area contributed by atoms with E-state index in [9.17, 15) is 9.59 Å². The SMILES string of the molecule is CN(CC1CCCCC1)C(CC(=O)O)C(=O)O. The van der Waals surface area contributed by atoms with E-state index in [2.05, 4.69) is 0 Å². The second-order valence-corrected chi connectivity index (χ2v) is 4.90. The number of carboxylic acid groups (broad SMARTS) is 2. The minimum Gasteiger partial charge on any atom is -0.481 e. The largest absolute Gasteiger partial charge is 0.481 e. The first kappa shape index (κ1) is 14.0. The molecule has 1 fully saturated rings. The number of carbonyl (C=O) groups is 2. The van der Waals surface area contributed by atoms with Crippen molar-refractivity contribution >= 4 is 11.9 Å². The number of carboxylic acids is 2. The van der Waals surface area contributed by atoms with E-state index in [0.29, 0.717) is 12.5 Å². The van der Waals surface area contributed by atoms with Gasteiger partial charge in [0.15, 0.2) is 0 Å². The monoisotopic (exact) mass is 243 g/mol. The molecule has 0 heterocycles. The van der Waals surface area contributed by atoms with Crippen LogP contribution >= 0.6 is 0 Å². The fourth-order valence-electron chi connectivity index (χ4n) is 2.50. The van der Waals surface area contributed by atoms with Gasteiger partial charge in [-0.15, -0.1) is 0 Å². The van der Waals surface area contributed by atoms with Gasteiger partial charge in [0.05, 0.1) is 6.42 Å². The van der Waals surface area contributed by atoms with Gasteiger partial charge in [0, 0.05) is 6.54 Å². The Morgan fingerprint density at radius 1 is 1.24 bits per heavy atom. The van der Waals surface area contributed by atoms with Crippen LogP contribution in [0.15, 0.2) is 0 Å². The Labute approximate surface area is 101 Å². The highest BCUT2D eigenvalue weighted by atomic mass is 16.4. The van der Waals surface area contributed by atoms with Gasteiger partial charge in [0.1, 0.15) is 6.04 Å². The van der Waals surface area contributed by atoms with Gasteiger partial charge in [-0.3, -0.25) is 14.5 Å². The predicted octanol–water partition coefficient (Wildman–Crippen LogP) is 1.43. The number of nitrogens with zero attached hydrogens (tertiary/aromatic N) is 1. The number of likely N-dealkylation sites (N-methyl/N-ethyl adjacent to an activating group) is 1. The van der Waals surface area contributed by atoms with Crippen molar-refractivity contribution in [2.45, 2.75) is 44.6 Å². The summed E-state index contributed by atoms with van der Waals surface area (Å²) in [6, 6.07) is -0.908. The lowest BCUT2D eigenvalue weighted by Crippen LogP contribution is -2.42. The van der Waals surface area contributed by atoms with Crippen LogP contribution in [-0.2, 0) is 9.59 Å². The van der Waals surface area contributed by atoms with Crippen LogP contribution < -0.4 is 0 Å². The van der Waals surface area contributed by atoms with Crippen LogP contribution in [0.4, 0.5) is 0 Å². The molecule has 0 aromatic heterocycles. The van der Waals surface area contributed by atoms with Crippen molar-refractivity contribution in [1.29, 1.82) is 0 Å². The smallest absolute Gasteiger partial charge is 0.321 e. The minimum absolute atomic E-state index is 0.335. The zero-order valence-electron chi connectivity index (χ0n) is 10.3. The summed E-state index contributed by atoms with van der Waals surface area (Å²) in [4.78, 5) is 23.3. The van der Waals surface area contributed by atoms with Crippen LogP contribution in [0.5, 0.6) is 0 Å². The van der Waals surface area contributed by atoms with E-state index < -0.39 is 18.0 Å². The van der Waals surface area contributed by atoms with E-state index >= 15 is 0 Å². The van der Waals surface area contributed by atoms with Crippen LogP contribution in [0.2, 0.25) is 0 Å². The van der Waals surface area contributed by atoms with Crippen LogP contribution in [0.1, 0.15) is 38.5 Å². The van der Waals surface area contributed by atoms with Gasteiger partial charge in [-0.2, -0.15) is 0 Å². The molecular weight excluding hydrogens is 222 g/mol. The van der Waals surface area contributed by atoms with E-state index in [1.54, 1.807) is 11.9 Å². The number of hydrogen-bond acceptors (Lipinski definition) is 3. The first-order valence-electron chi connectivity index (χ1n) is 6.15. The first-order valence-corrected chi connectivity index (χ1v) is 6.15. The molecule has 2 N–H and O–H groups in total. The minimum atomic E-state index is -1.06. The molecule has 17 heavy (non-hydrogen) atoms. The lowest BCUT2D eigenvalue weighted by molar-refractivity contribution is -0.149. The zero-order valence-corrected chi connectivity index (χ0v) is 10.3. The molecule has 0 saturated heterocycles. The summed E-state index contributed by atoms with van der Waals surface area (Å²) in [6.45, 7) is 0.685. The first-order chi connectivity index (χ1) is 8.00. The Balaban J connectivity index is 2.48. The summed E-state index contributed by atoms with van der Waals surface area (Å²) in [7, 11) is 1.70. The third-order valence-electron chi connectivity index (χ3n) is 3.46. The van der Waals surface area contributed by atoms with E-state index in [0.717, 1.165) is 12.8 Å². The van der Waals surface area contributed by atoms with E-state index in [1.807, 2.05) is 0 Å². The van der Waals surface area contributed by atoms with Crippen molar-refractivity contribution in [1.82, 2.24) is 4.90 Å². The number of hydrogen-bond donors (Lipinski definition) is 2. The van der Waals surface area contributed by atoms with Gasteiger partial charge >= 0.3 is 11.9 Å². The van der Waals surface area contributed by atoms with Gasteiger partial charge in [-0.1, -0.05) is 19.3 Å². The highest BCUT2D eigenvalue weighted by Crippen LogP contribution is 2.24. The van der Waals surface area contributed by atoms with Crippen molar-refractivity contribution in [3.05, 3.63) is 0 Å². The van der Waals surface area contributed by atoms with E-state index in [4.69, 9.17) is 10.2 Å². The maximum Gasteiger partial charge on any atom is 0.321 e. The highest BCUT2D eigenvalue weighted by molar-refractivity contribution is 5.80. The summed E-state index contributed by atoms with van der Waals surface area (Å²) in [5, 5.41) is 17.7. The molecule has 1 unspecified atom stereocenters. The number of aliphatic carboxylic acids is 2. The molecule has 0 spiro atoms. The summed E-state index contributed by atoms with van der Waals surface area (Å²) in [5.41, 5.74) is 0. The Bertz CT molecular complexity index is 274. The summed E-state index contributed by atoms with van der Waals surface area (Å²) >= 11 is 0. The van der Waals surface area contributed by atoms with Gasteiger partial charge in [-0.25, -0.2) is 0 Å². The quantitative estimate of drug-likeness (QED) is 0.737. The Morgan fingerprint density at radius 3 is 2.29 bits per heavy atom. The van der Waals surface area contributed by atoms with Crippen molar-refractivity contribution in [3.63, 3.8) is 0 Å². The Hall–Kier alpha value is -1.10. The third-order valence-corrected chi connectivity index (χ3v) is 3.46. The molecule has 1 aliphatic carbocycles. The van der Waals surface area contributed by atoms with E-state index in [-0.39, 0.29) is 6.42 Å². The average molecular weight is 243 g/mol. The standard InChI is InChI=1S/C12H21NO4/c1-13(8-9-5-3-2-4-6-9)10(12(16)17)7-11(14)15/h9-10H,2-8H2,1H3,(H,14,15)(H,16,17).